The maximum Gasteiger partial charge on any atom is 0.0713 e. The second kappa shape index (κ2) is 21.5. The van der Waals surface area contributed by atoms with Crippen molar-refractivity contribution in [2.45, 2.75) is 10.8 Å². The Bertz CT molecular complexity index is 3840. The molecule has 0 aliphatic heterocycles. The lowest BCUT2D eigenvalue weighted by molar-refractivity contribution is 0.768. The molecule has 2 nitrogen and oxygen atoms in total. The monoisotopic (exact) mass is 1050 g/mol. The number of fused-ring (bicyclic) bond motifs is 6. The second-order valence-corrected chi connectivity index (χ2v) is 20.5. The molecule has 0 radical (unpaired) electrons. The molecule has 3 heteroatoms. The smallest absolute Gasteiger partial charge is 0.0713 e. The lowest BCUT2D eigenvalue weighted by atomic mass is 9.68. The third-order valence-corrected chi connectivity index (χ3v) is 15.7. The standard InChI is InChI=1S/C37H27N.C25H17Br.C12H11N/c1-4-12-27(13-5-1)28-20-22-31(23-21-28)38-32-24-25-36-34(26-32)33-18-10-11-19-35(33)37(36,29-14-6-2-7-15-29)30-16-8-3-9-17-30;26-20-15-16-22-21-13-7-8-14-23(21)25(24(22)17-20,18-9-3-1-4-10-18)19-11-5-2-6-12-19;13-12-8-6-11(7-9-12)10-4-2-1-3-5-10/h1-26,38H;1-17H;1-9H,13H2. The molecule has 368 valence electrons. The van der Waals surface area contributed by atoms with E-state index in [0.29, 0.717) is 0 Å². The number of benzene rings is 12. The van der Waals surface area contributed by atoms with Gasteiger partial charge in [0.25, 0.3) is 0 Å². The summed E-state index contributed by atoms with van der Waals surface area (Å²) >= 11 is 3.71. The van der Waals surface area contributed by atoms with Crippen molar-refractivity contribution in [1.82, 2.24) is 0 Å². The zero-order chi connectivity index (χ0) is 52.0. The summed E-state index contributed by atoms with van der Waals surface area (Å²) < 4.78 is 1.11. The van der Waals surface area contributed by atoms with E-state index < -0.39 is 0 Å². The van der Waals surface area contributed by atoms with E-state index in [9.17, 15) is 0 Å². The molecule has 0 atom stereocenters. The topological polar surface area (TPSA) is 38.0 Å². The maximum absolute atomic E-state index is 5.60. The van der Waals surface area contributed by atoms with Gasteiger partial charge in [0.05, 0.1) is 10.8 Å². The van der Waals surface area contributed by atoms with Crippen LogP contribution in [-0.2, 0) is 10.8 Å². The molecular weight excluding hydrogens is 997 g/mol. The van der Waals surface area contributed by atoms with E-state index in [2.05, 4.69) is 294 Å². The van der Waals surface area contributed by atoms with Crippen molar-refractivity contribution in [2.24, 2.45) is 0 Å². The average molecular weight is 1050 g/mol. The van der Waals surface area contributed by atoms with Crippen molar-refractivity contribution in [2.75, 3.05) is 11.1 Å². The molecule has 0 saturated heterocycles. The van der Waals surface area contributed by atoms with Gasteiger partial charge < -0.3 is 11.1 Å². The summed E-state index contributed by atoms with van der Waals surface area (Å²) in [5.74, 6) is 0. The molecule has 0 heterocycles. The molecule has 0 aromatic heterocycles. The number of rotatable bonds is 8. The Labute approximate surface area is 461 Å². The minimum atomic E-state index is -0.357. The van der Waals surface area contributed by atoms with Gasteiger partial charge in [-0.2, -0.15) is 0 Å². The van der Waals surface area contributed by atoms with Crippen LogP contribution in [0.5, 0.6) is 0 Å². The highest BCUT2D eigenvalue weighted by Crippen LogP contribution is 2.58. The van der Waals surface area contributed by atoms with Crippen LogP contribution in [0.2, 0.25) is 0 Å². The third kappa shape index (κ3) is 9.15. The molecule has 3 N–H and O–H groups in total. The van der Waals surface area contributed by atoms with Gasteiger partial charge in [0.2, 0.25) is 0 Å². The van der Waals surface area contributed by atoms with Crippen LogP contribution in [0, 0.1) is 0 Å². The number of nitrogens with two attached hydrogens (primary N) is 1. The second-order valence-electron chi connectivity index (χ2n) is 19.6. The van der Waals surface area contributed by atoms with Crippen molar-refractivity contribution in [1.29, 1.82) is 0 Å². The molecule has 2 aliphatic carbocycles. The Balaban J connectivity index is 0.000000131. The van der Waals surface area contributed by atoms with E-state index in [1.165, 1.54) is 89.0 Å². The van der Waals surface area contributed by atoms with Crippen LogP contribution in [-0.4, -0.2) is 0 Å². The summed E-state index contributed by atoms with van der Waals surface area (Å²) in [6, 6.07) is 112. The Morgan fingerprint density at radius 2 is 0.597 bits per heavy atom. The largest absolute Gasteiger partial charge is 0.399 e. The summed E-state index contributed by atoms with van der Waals surface area (Å²) in [4.78, 5) is 0. The van der Waals surface area contributed by atoms with E-state index in [4.69, 9.17) is 5.73 Å². The first-order valence-electron chi connectivity index (χ1n) is 26.2. The van der Waals surface area contributed by atoms with Crippen LogP contribution >= 0.6 is 15.9 Å². The molecule has 0 saturated carbocycles. The molecule has 0 amide bonds. The molecule has 12 aromatic carbocycles. The quantitative estimate of drug-likeness (QED) is 0.149. The van der Waals surface area contributed by atoms with Gasteiger partial charge in [-0.1, -0.05) is 283 Å². The van der Waals surface area contributed by atoms with Crippen molar-refractivity contribution >= 4 is 33.0 Å². The van der Waals surface area contributed by atoms with Crippen molar-refractivity contribution in [3.63, 3.8) is 0 Å². The first-order chi connectivity index (χ1) is 38.0. The Hall–Kier alpha value is -9.28. The summed E-state index contributed by atoms with van der Waals surface area (Å²) in [6.07, 6.45) is 0. The van der Waals surface area contributed by atoms with E-state index >= 15 is 0 Å². The van der Waals surface area contributed by atoms with E-state index in [1.807, 2.05) is 42.5 Å². The van der Waals surface area contributed by atoms with Crippen LogP contribution in [0.15, 0.2) is 320 Å². The maximum atomic E-state index is 5.60. The van der Waals surface area contributed by atoms with Crippen LogP contribution in [0.1, 0.15) is 44.5 Å². The predicted octanol–water partition coefficient (Wildman–Crippen LogP) is 19.2. The number of hydrogen-bond acceptors (Lipinski definition) is 2. The predicted molar refractivity (Wildman–Crippen MR) is 327 cm³/mol. The highest BCUT2D eigenvalue weighted by molar-refractivity contribution is 9.10. The van der Waals surface area contributed by atoms with Gasteiger partial charge in [0.1, 0.15) is 0 Å². The summed E-state index contributed by atoms with van der Waals surface area (Å²) in [6.45, 7) is 0. The molecule has 77 heavy (non-hydrogen) atoms. The normalized spacial score (nSPS) is 12.7. The fourth-order valence-electron chi connectivity index (χ4n) is 11.8. The molecule has 0 unspecified atom stereocenters. The van der Waals surface area contributed by atoms with Crippen molar-refractivity contribution in [3.8, 4) is 44.5 Å². The Kier molecular flexibility index (Phi) is 13.6. The number of hydrogen-bond donors (Lipinski definition) is 2. The van der Waals surface area contributed by atoms with Crippen molar-refractivity contribution < 1.29 is 0 Å². The highest BCUT2D eigenvalue weighted by atomic mass is 79.9. The van der Waals surface area contributed by atoms with E-state index in [0.717, 1.165) is 21.5 Å². The minimum absolute atomic E-state index is 0.293. The van der Waals surface area contributed by atoms with Crippen LogP contribution in [0.4, 0.5) is 17.1 Å². The molecule has 0 bridgehead atoms. The van der Waals surface area contributed by atoms with E-state index in [1.54, 1.807) is 0 Å². The van der Waals surface area contributed by atoms with Gasteiger partial charge in [-0.3, -0.25) is 0 Å². The number of anilines is 3. The summed E-state index contributed by atoms with van der Waals surface area (Å²) in [5.41, 5.74) is 28.5. The molecule has 12 aromatic rings. The van der Waals surface area contributed by atoms with Crippen LogP contribution < -0.4 is 11.1 Å². The average Bonchev–Trinajstić information content (AvgIpc) is 4.18. The van der Waals surface area contributed by atoms with Gasteiger partial charge in [-0.15, -0.1) is 0 Å². The summed E-state index contributed by atoms with van der Waals surface area (Å²) in [5, 5.41) is 3.65. The first-order valence-corrected chi connectivity index (χ1v) is 27.0. The fourth-order valence-corrected chi connectivity index (χ4v) is 12.2. The van der Waals surface area contributed by atoms with Crippen LogP contribution in [0.25, 0.3) is 44.5 Å². The number of halogens is 1. The molecule has 14 rings (SSSR count). The Morgan fingerprint density at radius 1 is 0.260 bits per heavy atom. The SMILES string of the molecule is Brc1ccc2c(c1)C(c1ccccc1)(c1ccccc1)c1ccccc1-2.Nc1ccc(-c2ccccc2)cc1.c1ccc(-c2ccc(Nc3ccc4c(c3)-c3ccccc3C4(c3ccccc3)c3ccccc3)cc2)cc1. The van der Waals surface area contributed by atoms with Gasteiger partial charge in [0.15, 0.2) is 0 Å². The molecule has 2 aliphatic rings. The Morgan fingerprint density at radius 3 is 1.06 bits per heavy atom. The third-order valence-electron chi connectivity index (χ3n) is 15.2. The molecular formula is C74H55BrN2. The van der Waals surface area contributed by atoms with Gasteiger partial charge in [-0.05, 0) is 138 Å². The number of nitrogens with one attached hydrogen (secondary N) is 1. The van der Waals surface area contributed by atoms with Gasteiger partial charge >= 0.3 is 0 Å². The minimum Gasteiger partial charge on any atom is -0.399 e. The lowest BCUT2D eigenvalue weighted by Crippen LogP contribution is -2.28. The lowest BCUT2D eigenvalue weighted by Gasteiger charge is -2.33. The zero-order valence-corrected chi connectivity index (χ0v) is 44.1. The van der Waals surface area contributed by atoms with Crippen LogP contribution in [0.3, 0.4) is 0 Å². The molecule has 0 spiro atoms. The highest BCUT2D eigenvalue weighted by Gasteiger charge is 2.47. The van der Waals surface area contributed by atoms with Gasteiger partial charge in [0, 0.05) is 21.5 Å². The zero-order valence-electron chi connectivity index (χ0n) is 42.5. The van der Waals surface area contributed by atoms with Crippen molar-refractivity contribution in [3.05, 3.63) is 364 Å². The molecule has 0 fully saturated rings. The first kappa shape index (κ1) is 48.6. The summed E-state index contributed by atoms with van der Waals surface area (Å²) in [7, 11) is 0. The number of nitrogen functional groups attached to an aromatic ring is 1. The fraction of sp³-hybridized carbons (Fsp3) is 0.0270. The van der Waals surface area contributed by atoms with E-state index in [-0.39, 0.29) is 10.8 Å². The van der Waals surface area contributed by atoms with Gasteiger partial charge in [-0.25, -0.2) is 0 Å².